The number of nitrogens with zero attached hydrogens (tertiary/aromatic N) is 2. The summed E-state index contributed by atoms with van der Waals surface area (Å²) in [4.78, 5) is 0.0106. The summed E-state index contributed by atoms with van der Waals surface area (Å²) >= 11 is 5.88. The Morgan fingerprint density at radius 2 is 2.11 bits per heavy atom. The number of benzene rings is 1. The Kier molecular flexibility index (Phi) is 3.18. The van der Waals surface area contributed by atoms with Crippen molar-refractivity contribution in [2.45, 2.75) is 4.90 Å². The van der Waals surface area contributed by atoms with Crippen molar-refractivity contribution in [1.82, 2.24) is 9.19 Å². The standard InChI is InChI=1S/C10H10ClN3O3S/c1-17-9-3-2-7(6-8(9)11)18(15,16)14-5-4-10(12)13-14/h2-6H,1H3,(H2,12,13). The first-order chi connectivity index (χ1) is 8.45. The lowest BCUT2D eigenvalue weighted by atomic mass is 10.3. The van der Waals surface area contributed by atoms with Gasteiger partial charge in [-0.25, -0.2) is 0 Å². The molecule has 0 fully saturated rings. The lowest BCUT2D eigenvalue weighted by molar-refractivity contribution is 0.414. The van der Waals surface area contributed by atoms with Gasteiger partial charge in [0.2, 0.25) is 0 Å². The molecule has 0 atom stereocenters. The predicted octanol–water partition coefficient (Wildman–Crippen LogP) is 1.36. The SMILES string of the molecule is COc1ccc(S(=O)(=O)n2ccc(N)n2)cc1Cl. The van der Waals surface area contributed by atoms with Crippen LogP contribution in [0.3, 0.4) is 0 Å². The van der Waals surface area contributed by atoms with Crippen LogP contribution in [-0.4, -0.2) is 24.7 Å². The average molecular weight is 288 g/mol. The van der Waals surface area contributed by atoms with Gasteiger partial charge in [-0.3, -0.25) is 0 Å². The van der Waals surface area contributed by atoms with Crippen LogP contribution in [0.1, 0.15) is 0 Å². The van der Waals surface area contributed by atoms with Crippen molar-refractivity contribution < 1.29 is 13.2 Å². The molecule has 0 unspecified atom stereocenters. The predicted molar refractivity (Wildman–Crippen MR) is 67.2 cm³/mol. The van der Waals surface area contributed by atoms with Crippen LogP contribution >= 0.6 is 11.6 Å². The van der Waals surface area contributed by atoms with E-state index in [2.05, 4.69) is 5.10 Å². The van der Waals surface area contributed by atoms with Crippen molar-refractivity contribution >= 4 is 27.4 Å². The molecule has 0 amide bonds. The number of methoxy groups -OCH3 is 1. The van der Waals surface area contributed by atoms with Crippen LogP contribution in [0.5, 0.6) is 5.75 Å². The fourth-order valence-corrected chi connectivity index (χ4v) is 2.84. The van der Waals surface area contributed by atoms with Gasteiger partial charge in [0.25, 0.3) is 10.0 Å². The van der Waals surface area contributed by atoms with Crippen molar-refractivity contribution in [3.63, 3.8) is 0 Å². The minimum absolute atomic E-state index is 0.0106. The maximum Gasteiger partial charge on any atom is 0.283 e. The Bertz CT molecular complexity index is 681. The number of rotatable bonds is 3. The van der Waals surface area contributed by atoms with Gasteiger partial charge < -0.3 is 10.5 Å². The molecule has 1 aromatic heterocycles. The summed E-state index contributed by atoms with van der Waals surface area (Å²) in [6.45, 7) is 0. The molecule has 6 nitrogen and oxygen atoms in total. The Labute approximate surface area is 109 Å². The zero-order valence-electron chi connectivity index (χ0n) is 9.37. The zero-order chi connectivity index (χ0) is 13.3. The van der Waals surface area contributed by atoms with Crippen LogP contribution < -0.4 is 10.5 Å². The van der Waals surface area contributed by atoms with Gasteiger partial charge in [-0.2, -0.15) is 12.5 Å². The lowest BCUT2D eigenvalue weighted by Gasteiger charge is -2.07. The van der Waals surface area contributed by atoms with Gasteiger partial charge in [0, 0.05) is 12.3 Å². The van der Waals surface area contributed by atoms with E-state index >= 15 is 0 Å². The van der Waals surface area contributed by atoms with Crippen LogP contribution in [0.25, 0.3) is 0 Å². The quantitative estimate of drug-likeness (QED) is 0.921. The topological polar surface area (TPSA) is 87.2 Å². The molecule has 8 heteroatoms. The van der Waals surface area contributed by atoms with E-state index in [1.165, 1.54) is 37.6 Å². The molecule has 96 valence electrons. The second kappa shape index (κ2) is 4.51. The van der Waals surface area contributed by atoms with Crippen LogP contribution in [0, 0.1) is 0 Å². The fourth-order valence-electron chi connectivity index (χ4n) is 1.37. The van der Waals surface area contributed by atoms with E-state index in [0.29, 0.717) is 5.75 Å². The molecule has 1 heterocycles. The Morgan fingerprint density at radius 1 is 1.39 bits per heavy atom. The molecule has 18 heavy (non-hydrogen) atoms. The van der Waals surface area contributed by atoms with Crippen molar-refractivity contribution in [2.75, 3.05) is 12.8 Å². The van der Waals surface area contributed by atoms with Crippen LogP contribution in [0.2, 0.25) is 5.02 Å². The summed E-state index contributed by atoms with van der Waals surface area (Å²) in [5.74, 6) is 0.522. The van der Waals surface area contributed by atoms with E-state index in [-0.39, 0.29) is 15.7 Å². The van der Waals surface area contributed by atoms with Crippen molar-refractivity contribution in [2.24, 2.45) is 0 Å². The molecule has 1 aromatic carbocycles. The third kappa shape index (κ3) is 2.14. The molecule has 0 aliphatic rings. The summed E-state index contributed by atoms with van der Waals surface area (Å²) in [5, 5.41) is 3.87. The number of anilines is 1. The summed E-state index contributed by atoms with van der Waals surface area (Å²) < 4.78 is 30.0. The molecule has 0 aliphatic heterocycles. The van der Waals surface area contributed by atoms with Gasteiger partial charge in [-0.05, 0) is 18.2 Å². The highest BCUT2D eigenvalue weighted by atomic mass is 35.5. The van der Waals surface area contributed by atoms with Crippen molar-refractivity contribution in [1.29, 1.82) is 0 Å². The highest BCUT2D eigenvalue weighted by Crippen LogP contribution is 2.27. The van der Waals surface area contributed by atoms with Crippen LogP contribution in [-0.2, 0) is 10.0 Å². The third-order valence-electron chi connectivity index (χ3n) is 2.25. The van der Waals surface area contributed by atoms with E-state index in [9.17, 15) is 8.42 Å². The van der Waals surface area contributed by atoms with Gasteiger partial charge in [-0.15, -0.1) is 5.10 Å². The van der Waals surface area contributed by atoms with E-state index < -0.39 is 10.0 Å². The summed E-state index contributed by atoms with van der Waals surface area (Å²) in [6.07, 6.45) is 1.27. The highest BCUT2D eigenvalue weighted by molar-refractivity contribution is 7.89. The molecule has 2 N–H and O–H groups in total. The van der Waals surface area contributed by atoms with Crippen molar-refractivity contribution in [3.05, 3.63) is 35.5 Å². The molecule has 2 aromatic rings. The first-order valence-electron chi connectivity index (χ1n) is 4.85. The zero-order valence-corrected chi connectivity index (χ0v) is 10.9. The maximum atomic E-state index is 12.1. The monoisotopic (exact) mass is 287 g/mol. The Hall–Kier alpha value is -1.73. The second-order valence-electron chi connectivity index (χ2n) is 3.41. The molecular formula is C10H10ClN3O3S. The molecule has 2 rings (SSSR count). The lowest BCUT2D eigenvalue weighted by Crippen LogP contribution is -2.14. The van der Waals surface area contributed by atoms with Crippen LogP contribution in [0.15, 0.2) is 35.4 Å². The molecule has 0 radical (unpaired) electrons. The number of halogens is 1. The Balaban J connectivity index is 2.51. The molecule has 0 saturated heterocycles. The first kappa shape index (κ1) is 12.7. The number of hydrogen-bond acceptors (Lipinski definition) is 5. The fraction of sp³-hybridized carbons (Fsp3) is 0.100. The van der Waals surface area contributed by atoms with Gasteiger partial charge in [0.15, 0.2) is 0 Å². The highest BCUT2D eigenvalue weighted by Gasteiger charge is 2.19. The van der Waals surface area contributed by atoms with Gasteiger partial charge in [0.1, 0.15) is 11.6 Å². The number of hydrogen-bond donors (Lipinski definition) is 1. The minimum Gasteiger partial charge on any atom is -0.495 e. The number of aromatic nitrogens is 2. The number of nitrogens with two attached hydrogens (primary N) is 1. The smallest absolute Gasteiger partial charge is 0.283 e. The molecule has 0 bridgehead atoms. The molecular weight excluding hydrogens is 278 g/mol. The molecule has 0 spiro atoms. The number of ether oxygens (including phenoxy) is 1. The van der Waals surface area contributed by atoms with Crippen molar-refractivity contribution in [3.8, 4) is 5.75 Å². The summed E-state index contributed by atoms with van der Waals surface area (Å²) in [7, 11) is -2.33. The normalized spacial score (nSPS) is 11.4. The van der Waals surface area contributed by atoms with Gasteiger partial charge in [0.05, 0.1) is 17.0 Å². The number of nitrogen functional groups attached to an aromatic ring is 1. The molecule has 0 aliphatic carbocycles. The van der Waals surface area contributed by atoms with E-state index in [1.807, 2.05) is 0 Å². The van der Waals surface area contributed by atoms with E-state index in [4.69, 9.17) is 22.1 Å². The average Bonchev–Trinajstić information content (AvgIpc) is 2.76. The largest absolute Gasteiger partial charge is 0.495 e. The summed E-state index contributed by atoms with van der Waals surface area (Å²) in [6, 6.07) is 5.55. The van der Waals surface area contributed by atoms with Gasteiger partial charge >= 0.3 is 0 Å². The Morgan fingerprint density at radius 3 is 2.61 bits per heavy atom. The minimum atomic E-state index is -3.78. The molecule has 0 saturated carbocycles. The van der Waals surface area contributed by atoms with Crippen LogP contribution in [0.4, 0.5) is 5.82 Å². The van der Waals surface area contributed by atoms with Gasteiger partial charge in [-0.1, -0.05) is 11.6 Å². The van der Waals surface area contributed by atoms with E-state index in [1.54, 1.807) is 0 Å². The third-order valence-corrected chi connectivity index (χ3v) is 4.10. The second-order valence-corrected chi connectivity index (χ2v) is 5.62. The van der Waals surface area contributed by atoms with E-state index in [0.717, 1.165) is 4.09 Å². The maximum absolute atomic E-state index is 12.1. The first-order valence-corrected chi connectivity index (χ1v) is 6.67. The summed E-state index contributed by atoms with van der Waals surface area (Å²) in [5.41, 5.74) is 5.39.